The maximum Gasteiger partial charge on any atom is 0.303 e. The minimum Gasteiger partial charge on any atom is -0.458 e. The third-order valence-electron chi connectivity index (χ3n) is 8.52. The minimum absolute atomic E-state index is 0.00243. The average molecular weight is 402 g/mol. The second-order valence-electron chi connectivity index (χ2n) is 9.81. The van der Waals surface area contributed by atoms with Gasteiger partial charge in [-0.2, -0.15) is 0 Å². The third kappa shape index (κ3) is 2.79. The van der Waals surface area contributed by atoms with Gasteiger partial charge in [0.2, 0.25) is 5.78 Å². The van der Waals surface area contributed by atoms with E-state index in [9.17, 15) is 24.6 Å². The van der Waals surface area contributed by atoms with Crippen LogP contribution < -0.4 is 0 Å². The first-order valence-electron chi connectivity index (χ1n) is 10.5. The molecular weight excluding hydrogens is 372 g/mol. The summed E-state index contributed by atoms with van der Waals surface area (Å²) in [6.45, 7) is 4.80. The molecule has 4 aliphatic carbocycles. The van der Waals surface area contributed by atoms with Gasteiger partial charge in [0.1, 0.15) is 5.60 Å². The highest BCUT2D eigenvalue weighted by Crippen LogP contribution is 2.67. The van der Waals surface area contributed by atoms with E-state index in [2.05, 4.69) is 6.92 Å². The van der Waals surface area contributed by atoms with Crippen LogP contribution in [-0.2, 0) is 19.1 Å². The Balaban J connectivity index is 1.66. The molecule has 2 N–H and O–H groups in total. The molecule has 0 radical (unpaired) electrons. The molecule has 29 heavy (non-hydrogen) atoms. The summed E-state index contributed by atoms with van der Waals surface area (Å²) in [5.41, 5.74) is -1.67. The number of allylic oxidation sites excluding steroid dienone is 4. The normalized spacial score (nSPS) is 45.7. The van der Waals surface area contributed by atoms with Gasteiger partial charge in [-0.1, -0.05) is 25.5 Å². The largest absolute Gasteiger partial charge is 0.458 e. The monoisotopic (exact) mass is 402 g/mol. The molecule has 3 saturated carbocycles. The van der Waals surface area contributed by atoms with Crippen LogP contribution in [0.4, 0.5) is 0 Å². The summed E-state index contributed by atoms with van der Waals surface area (Å²) < 4.78 is 4.88. The number of hydrogen-bond acceptors (Lipinski definition) is 6. The molecule has 0 aromatic heterocycles. The molecule has 0 spiro atoms. The molecule has 7 atom stereocenters. The van der Waals surface area contributed by atoms with Gasteiger partial charge in [-0.05, 0) is 56.1 Å². The fraction of sp³-hybridized carbons (Fsp3) is 0.696. The highest BCUT2D eigenvalue weighted by molar-refractivity contribution is 6.01. The number of hydrogen-bond donors (Lipinski definition) is 2. The van der Waals surface area contributed by atoms with E-state index in [1.54, 1.807) is 12.2 Å². The highest BCUT2D eigenvalue weighted by atomic mass is 16.5. The van der Waals surface area contributed by atoms with Crippen LogP contribution in [0, 0.1) is 28.6 Å². The first-order chi connectivity index (χ1) is 13.5. The lowest BCUT2D eigenvalue weighted by molar-refractivity contribution is -0.181. The van der Waals surface area contributed by atoms with Crippen molar-refractivity contribution >= 4 is 17.5 Å². The van der Waals surface area contributed by atoms with E-state index in [1.165, 1.54) is 6.92 Å². The van der Waals surface area contributed by atoms with Gasteiger partial charge < -0.3 is 14.9 Å². The Hall–Kier alpha value is -1.79. The van der Waals surface area contributed by atoms with E-state index in [1.807, 2.05) is 13.0 Å². The SMILES string of the molecule is CC(=O)OCC(=O)[C@]1(O)CC[C@H]2[C@@H]3CCC4=CC(=O)C=C[C@]4(C)[C@H]3[C@H](O)C[C@@]21C. The zero-order valence-corrected chi connectivity index (χ0v) is 17.3. The number of aliphatic hydroxyl groups is 2. The summed E-state index contributed by atoms with van der Waals surface area (Å²) in [6, 6.07) is 0. The van der Waals surface area contributed by atoms with Crippen molar-refractivity contribution < 1.29 is 29.3 Å². The Bertz CT molecular complexity index is 827. The summed E-state index contributed by atoms with van der Waals surface area (Å²) in [4.78, 5) is 35.9. The molecule has 0 heterocycles. The van der Waals surface area contributed by atoms with Crippen molar-refractivity contribution in [2.45, 2.75) is 64.6 Å². The summed E-state index contributed by atoms with van der Waals surface area (Å²) in [6.07, 6.45) is 7.50. The van der Waals surface area contributed by atoms with Crippen molar-refractivity contribution in [2.24, 2.45) is 28.6 Å². The van der Waals surface area contributed by atoms with E-state index in [4.69, 9.17) is 4.74 Å². The summed E-state index contributed by atoms with van der Waals surface area (Å²) in [5.74, 6) is -0.836. The van der Waals surface area contributed by atoms with Crippen LogP contribution in [-0.4, -0.2) is 46.1 Å². The quantitative estimate of drug-likeness (QED) is 0.702. The molecule has 4 rings (SSSR count). The number of ether oxygens (including phenoxy) is 1. The van der Waals surface area contributed by atoms with Crippen molar-refractivity contribution in [3.63, 3.8) is 0 Å². The third-order valence-corrected chi connectivity index (χ3v) is 8.52. The first kappa shape index (κ1) is 20.5. The van der Waals surface area contributed by atoms with Crippen molar-refractivity contribution in [1.82, 2.24) is 0 Å². The van der Waals surface area contributed by atoms with Gasteiger partial charge in [0.05, 0.1) is 6.10 Å². The topological polar surface area (TPSA) is 101 Å². The highest BCUT2D eigenvalue weighted by Gasteiger charge is 2.68. The van der Waals surface area contributed by atoms with Crippen LogP contribution in [0.1, 0.15) is 52.9 Å². The maximum absolute atomic E-state index is 12.9. The van der Waals surface area contributed by atoms with Crippen LogP contribution in [0.5, 0.6) is 0 Å². The number of aliphatic hydroxyl groups excluding tert-OH is 1. The van der Waals surface area contributed by atoms with Gasteiger partial charge in [0.25, 0.3) is 0 Å². The molecule has 6 nitrogen and oxygen atoms in total. The van der Waals surface area contributed by atoms with Gasteiger partial charge in [0, 0.05) is 23.7 Å². The van der Waals surface area contributed by atoms with E-state index in [-0.39, 0.29) is 29.0 Å². The zero-order valence-electron chi connectivity index (χ0n) is 17.3. The molecular formula is C23H30O6. The van der Waals surface area contributed by atoms with Gasteiger partial charge in [-0.15, -0.1) is 0 Å². The lowest BCUT2D eigenvalue weighted by Gasteiger charge is -2.59. The van der Waals surface area contributed by atoms with Crippen LogP contribution in [0.25, 0.3) is 0 Å². The van der Waals surface area contributed by atoms with E-state index in [0.717, 1.165) is 18.4 Å². The van der Waals surface area contributed by atoms with Crippen LogP contribution >= 0.6 is 0 Å². The van der Waals surface area contributed by atoms with Gasteiger partial charge in [-0.25, -0.2) is 0 Å². The van der Waals surface area contributed by atoms with E-state index in [0.29, 0.717) is 19.3 Å². The molecule has 3 fully saturated rings. The second kappa shape index (κ2) is 6.61. The number of ketones is 2. The lowest BCUT2D eigenvalue weighted by atomic mass is 9.46. The minimum atomic E-state index is -1.60. The molecule has 6 heteroatoms. The predicted octanol–water partition coefficient (Wildman–Crippen LogP) is 2.13. The fourth-order valence-electron chi connectivity index (χ4n) is 7.08. The van der Waals surface area contributed by atoms with Crippen molar-refractivity contribution in [2.75, 3.05) is 6.61 Å². The lowest BCUT2D eigenvalue weighted by Crippen LogP contribution is -2.61. The zero-order chi connectivity index (χ0) is 21.2. The molecule has 0 bridgehead atoms. The summed E-state index contributed by atoms with van der Waals surface area (Å²) >= 11 is 0. The van der Waals surface area contributed by atoms with Gasteiger partial charge >= 0.3 is 5.97 Å². The van der Waals surface area contributed by atoms with Crippen LogP contribution in [0.2, 0.25) is 0 Å². The number of fused-ring (bicyclic) bond motifs is 5. The van der Waals surface area contributed by atoms with Crippen molar-refractivity contribution in [3.8, 4) is 0 Å². The molecule has 0 aromatic rings. The molecule has 0 saturated heterocycles. The van der Waals surface area contributed by atoms with Crippen LogP contribution in [0.3, 0.4) is 0 Å². The number of carbonyl (C=O) groups is 3. The molecule has 158 valence electrons. The van der Waals surface area contributed by atoms with Gasteiger partial charge in [0.15, 0.2) is 12.4 Å². The molecule has 4 aliphatic rings. The molecule has 0 unspecified atom stereocenters. The van der Waals surface area contributed by atoms with E-state index >= 15 is 0 Å². The average Bonchev–Trinajstić information content (AvgIpc) is 2.91. The van der Waals surface area contributed by atoms with E-state index < -0.39 is 35.5 Å². The predicted molar refractivity (Wildman–Crippen MR) is 105 cm³/mol. The standard InChI is InChI=1S/C23H30O6/c1-13(24)29-12-19(27)23(28)9-7-17-16-5-4-14-10-15(25)6-8-21(14,2)20(16)18(26)11-22(17,23)3/h6,8,10,16-18,20,26,28H,4-5,7,9,11-12H2,1-3H3/t16-,17-,18+,20+,21-,22-,23+/m0/s1. The summed E-state index contributed by atoms with van der Waals surface area (Å²) in [7, 11) is 0. The Morgan fingerprint density at radius 1 is 1.28 bits per heavy atom. The maximum atomic E-state index is 12.9. The van der Waals surface area contributed by atoms with Crippen molar-refractivity contribution in [1.29, 1.82) is 0 Å². The molecule has 0 aromatic carbocycles. The summed E-state index contributed by atoms with van der Waals surface area (Å²) in [5, 5.41) is 22.7. The Morgan fingerprint density at radius 3 is 2.69 bits per heavy atom. The number of carbonyl (C=O) groups excluding carboxylic acids is 3. The van der Waals surface area contributed by atoms with Gasteiger partial charge in [-0.3, -0.25) is 14.4 Å². The molecule has 0 aliphatic heterocycles. The first-order valence-corrected chi connectivity index (χ1v) is 10.5. The van der Waals surface area contributed by atoms with Crippen molar-refractivity contribution in [3.05, 3.63) is 23.8 Å². The number of esters is 1. The molecule has 0 amide bonds. The fourth-order valence-corrected chi connectivity index (χ4v) is 7.08. The number of rotatable bonds is 3. The Morgan fingerprint density at radius 2 is 2.00 bits per heavy atom. The Labute approximate surface area is 171 Å². The second-order valence-corrected chi connectivity index (χ2v) is 9.81. The number of Topliss-reactive ketones (excluding diaryl/α,β-unsaturated/α-hetero) is 1. The smallest absolute Gasteiger partial charge is 0.303 e. The van der Waals surface area contributed by atoms with Crippen LogP contribution in [0.15, 0.2) is 23.8 Å². The Kier molecular flexibility index (Phi) is 4.67.